The molecule has 0 radical (unpaired) electrons. The van der Waals surface area contributed by atoms with Gasteiger partial charge >= 0.3 is 0 Å². The van der Waals surface area contributed by atoms with Crippen molar-refractivity contribution in [1.29, 1.82) is 0 Å². The summed E-state index contributed by atoms with van der Waals surface area (Å²) < 4.78 is 0. The molecule has 17 heavy (non-hydrogen) atoms. The highest BCUT2D eigenvalue weighted by Crippen LogP contribution is 2.37. The van der Waals surface area contributed by atoms with E-state index in [0.29, 0.717) is 16.9 Å². The molecule has 2 fully saturated rings. The van der Waals surface area contributed by atoms with Crippen LogP contribution < -0.4 is 10.9 Å². The first-order valence-corrected chi connectivity index (χ1v) is 7.02. The highest BCUT2D eigenvalue weighted by Gasteiger charge is 2.50. The van der Waals surface area contributed by atoms with Gasteiger partial charge in [-0.05, 0) is 19.3 Å². The van der Waals surface area contributed by atoms with Crippen molar-refractivity contribution in [1.82, 2.24) is 20.7 Å². The topological polar surface area (TPSA) is 55.3 Å². The van der Waals surface area contributed by atoms with Crippen LogP contribution in [-0.2, 0) is 0 Å². The van der Waals surface area contributed by atoms with Gasteiger partial charge in [-0.25, -0.2) is 0 Å². The summed E-state index contributed by atoms with van der Waals surface area (Å²) in [5.41, 5.74) is 6.35. The molecule has 3 heterocycles. The fraction of sp³-hybridized carbons (Fsp3) is 0.800. The fourth-order valence-electron chi connectivity index (χ4n) is 3.43. The van der Waals surface area contributed by atoms with E-state index in [1.54, 1.807) is 0 Å². The molecule has 92 valence electrons. The Labute approximate surface area is 108 Å². The summed E-state index contributed by atoms with van der Waals surface area (Å²) >= 11 is 3.76. The second kappa shape index (κ2) is 3.51. The minimum Gasteiger partial charge on any atom is -0.331 e. The molecular weight excluding hydrogens is 284 g/mol. The third-order valence-electron chi connectivity index (χ3n) is 4.22. The zero-order valence-corrected chi connectivity index (χ0v) is 10.9. The van der Waals surface area contributed by atoms with Gasteiger partial charge in [0.05, 0.1) is 12.1 Å². The van der Waals surface area contributed by atoms with Gasteiger partial charge in [0, 0.05) is 4.83 Å². The summed E-state index contributed by atoms with van der Waals surface area (Å²) in [6, 6.07) is 1.08. The number of alkyl halides is 1. The summed E-state index contributed by atoms with van der Waals surface area (Å²) in [4.78, 5) is 5.36. The normalized spacial score (nSPS) is 46.1. The van der Waals surface area contributed by atoms with Gasteiger partial charge in [-0.2, -0.15) is 10.2 Å². The first-order valence-electron chi connectivity index (χ1n) is 6.11. The van der Waals surface area contributed by atoms with Crippen LogP contribution in [0.3, 0.4) is 0 Å². The maximum Gasteiger partial charge on any atom is 0.157 e. The van der Waals surface area contributed by atoms with Crippen molar-refractivity contribution in [3.63, 3.8) is 0 Å². The SMILES string of the molecule is BrC1CCC2C(C1)N1C=NNC1C1NN=CN21. The number of hydrogen-bond acceptors (Lipinski definition) is 6. The highest BCUT2D eigenvalue weighted by atomic mass is 79.9. The molecule has 6 nitrogen and oxygen atoms in total. The van der Waals surface area contributed by atoms with Crippen molar-refractivity contribution >= 4 is 28.6 Å². The minimum absolute atomic E-state index is 0.205. The van der Waals surface area contributed by atoms with E-state index in [0.717, 1.165) is 0 Å². The lowest BCUT2D eigenvalue weighted by Gasteiger charge is -2.52. The lowest BCUT2D eigenvalue weighted by molar-refractivity contribution is -0.00336. The van der Waals surface area contributed by atoms with E-state index in [9.17, 15) is 0 Å². The molecule has 7 heteroatoms. The Balaban J connectivity index is 1.69. The maximum atomic E-state index is 4.22. The molecule has 1 saturated heterocycles. The smallest absolute Gasteiger partial charge is 0.157 e. The third-order valence-corrected chi connectivity index (χ3v) is 5.05. The van der Waals surface area contributed by atoms with E-state index < -0.39 is 0 Å². The molecule has 5 atom stereocenters. The van der Waals surface area contributed by atoms with Crippen molar-refractivity contribution in [3.8, 4) is 0 Å². The molecule has 2 N–H and O–H groups in total. The van der Waals surface area contributed by atoms with Crippen molar-refractivity contribution in [2.75, 3.05) is 0 Å². The van der Waals surface area contributed by atoms with E-state index in [-0.39, 0.29) is 12.3 Å². The number of hydrogen-bond donors (Lipinski definition) is 2. The van der Waals surface area contributed by atoms with E-state index in [2.05, 4.69) is 46.8 Å². The van der Waals surface area contributed by atoms with Gasteiger partial charge in [0.15, 0.2) is 12.3 Å². The van der Waals surface area contributed by atoms with Gasteiger partial charge in [0.2, 0.25) is 0 Å². The Morgan fingerprint density at radius 2 is 1.65 bits per heavy atom. The van der Waals surface area contributed by atoms with Crippen molar-refractivity contribution in [2.45, 2.75) is 48.5 Å². The quantitative estimate of drug-likeness (QED) is 0.620. The number of nitrogens with one attached hydrogen (secondary N) is 2. The Hall–Kier alpha value is -0.980. The number of fused-ring (bicyclic) bond motifs is 6. The molecule has 0 aromatic heterocycles. The van der Waals surface area contributed by atoms with Crippen LogP contribution in [0.25, 0.3) is 0 Å². The zero-order valence-electron chi connectivity index (χ0n) is 9.33. The molecule has 0 aromatic carbocycles. The predicted molar refractivity (Wildman–Crippen MR) is 68.7 cm³/mol. The van der Waals surface area contributed by atoms with Crippen LogP contribution in [0.5, 0.6) is 0 Å². The van der Waals surface area contributed by atoms with Gasteiger partial charge in [-0.1, -0.05) is 15.9 Å². The average Bonchev–Trinajstić information content (AvgIpc) is 2.97. The molecule has 0 bridgehead atoms. The summed E-state index contributed by atoms with van der Waals surface area (Å²) in [7, 11) is 0. The lowest BCUT2D eigenvalue weighted by Crippen LogP contribution is -2.71. The second-order valence-corrected chi connectivity index (χ2v) is 6.37. The van der Waals surface area contributed by atoms with Crippen LogP contribution in [0.15, 0.2) is 10.2 Å². The molecule has 1 aliphatic carbocycles. The largest absolute Gasteiger partial charge is 0.331 e. The average molecular weight is 299 g/mol. The van der Waals surface area contributed by atoms with E-state index in [4.69, 9.17) is 0 Å². The molecule has 0 spiro atoms. The van der Waals surface area contributed by atoms with Gasteiger partial charge in [0.25, 0.3) is 0 Å². The number of hydrazone groups is 2. The minimum atomic E-state index is 0.205. The Morgan fingerprint density at radius 1 is 1.00 bits per heavy atom. The van der Waals surface area contributed by atoms with Crippen LogP contribution in [-0.4, -0.2) is 51.7 Å². The fourth-order valence-corrected chi connectivity index (χ4v) is 4.08. The van der Waals surface area contributed by atoms with Crippen LogP contribution in [0, 0.1) is 0 Å². The number of rotatable bonds is 0. The Kier molecular flexibility index (Phi) is 2.06. The highest BCUT2D eigenvalue weighted by molar-refractivity contribution is 9.09. The summed E-state index contributed by atoms with van der Waals surface area (Å²) in [5, 5.41) is 8.43. The molecule has 5 unspecified atom stereocenters. The third kappa shape index (κ3) is 1.31. The van der Waals surface area contributed by atoms with Gasteiger partial charge in [0.1, 0.15) is 12.7 Å². The van der Waals surface area contributed by atoms with Crippen molar-refractivity contribution < 1.29 is 0 Å². The molecular formula is C10H15BrN6. The molecule has 0 amide bonds. The van der Waals surface area contributed by atoms with Gasteiger partial charge in [-0.15, -0.1) is 0 Å². The maximum absolute atomic E-state index is 4.22. The van der Waals surface area contributed by atoms with E-state index in [1.165, 1.54) is 19.3 Å². The van der Waals surface area contributed by atoms with Crippen LogP contribution in [0.2, 0.25) is 0 Å². The van der Waals surface area contributed by atoms with E-state index >= 15 is 0 Å². The van der Waals surface area contributed by atoms with Crippen LogP contribution in [0.1, 0.15) is 19.3 Å². The van der Waals surface area contributed by atoms with Crippen molar-refractivity contribution in [2.24, 2.45) is 10.2 Å². The summed E-state index contributed by atoms with van der Waals surface area (Å²) in [6.07, 6.45) is 7.94. The monoisotopic (exact) mass is 298 g/mol. The Morgan fingerprint density at radius 3 is 2.35 bits per heavy atom. The van der Waals surface area contributed by atoms with Crippen LogP contribution in [0.4, 0.5) is 0 Å². The predicted octanol–water partition coefficient (Wildman–Crippen LogP) is 0.0338. The lowest BCUT2D eigenvalue weighted by atomic mass is 9.85. The molecule has 1 saturated carbocycles. The summed E-state index contributed by atoms with van der Waals surface area (Å²) in [6.45, 7) is 0. The first-order chi connectivity index (χ1) is 8.34. The molecule has 3 aliphatic heterocycles. The standard InChI is InChI=1S/C10H15BrN6/c11-6-1-2-7-8(3-6)17-5-13-15-10(17)9-14-12-4-16(7)9/h4-10,14-15H,1-3H2. The van der Waals surface area contributed by atoms with Crippen molar-refractivity contribution in [3.05, 3.63) is 0 Å². The van der Waals surface area contributed by atoms with Gasteiger partial charge in [-0.3, -0.25) is 10.9 Å². The molecule has 0 aromatic rings. The van der Waals surface area contributed by atoms with Gasteiger partial charge < -0.3 is 9.80 Å². The summed E-state index contributed by atoms with van der Waals surface area (Å²) in [5.74, 6) is 0. The first kappa shape index (κ1) is 9.99. The second-order valence-electron chi connectivity index (χ2n) is 5.08. The zero-order chi connectivity index (χ0) is 11.4. The van der Waals surface area contributed by atoms with E-state index in [1.807, 2.05) is 12.7 Å². The molecule has 4 aliphatic rings. The number of piperazine rings is 1. The number of nitrogens with zero attached hydrogens (tertiary/aromatic N) is 4. The molecule has 4 rings (SSSR count). The number of halogens is 1. The van der Waals surface area contributed by atoms with Crippen LogP contribution >= 0.6 is 15.9 Å². The Bertz CT molecular complexity index is 385.